The predicted molar refractivity (Wildman–Crippen MR) is 87.1 cm³/mol. The lowest BCUT2D eigenvalue weighted by atomic mass is 10.1. The van der Waals surface area contributed by atoms with Gasteiger partial charge in [-0.1, -0.05) is 0 Å². The van der Waals surface area contributed by atoms with E-state index in [0.717, 1.165) is 24.4 Å². The summed E-state index contributed by atoms with van der Waals surface area (Å²) in [5, 5.41) is 0. The van der Waals surface area contributed by atoms with E-state index in [0.29, 0.717) is 12.1 Å². The number of hydrogen-bond acceptors (Lipinski definition) is 3. The van der Waals surface area contributed by atoms with E-state index in [1.165, 1.54) is 24.3 Å². The van der Waals surface area contributed by atoms with Gasteiger partial charge in [0.05, 0.1) is 6.04 Å². The highest BCUT2D eigenvalue weighted by molar-refractivity contribution is 5.97. The van der Waals surface area contributed by atoms with Crippen LogP contribution < -0.4 is 0 Å². The van der Waals surface area contributed by atoms with Crippen LogP contribution in [0, 0.1) is 12.7 Å². The maximum absolute atomic E-state index is 12.9. The van der Waals surface area contributed by atoms with Crippen LogP contribution in [0.15, 0.2) is 40.8 Å². The van der Waals surface area contributed by atoms with E-state index < -0.39 is 0 Å². The largest absolute Gasteiger partial charge is 0.464 e. The first kappa shape index (κ1) is 16.4. The number of carbonyl (C=O) groups excluding carboxylic acids is 2. The van der Waals surface area contributed by atoms with Gasteiger partial charge in [0.25, 0.3) is 0 Å². The van der Waals surface area contributed by atoms with Crippen molar-refractivity contribution < 1.29 is 18.4 Å². The second-order valence-corrected chi connectivity index (χ2v) is 6.12. The lowest BCUT2D eigenvalue weighted by Gasteiger charge is -2.23. The minimum atomic E-state index is -0.378. The quantitative estimate of drug-likeness (QED) is 0.778. The first-order valence-electron chi connectivity index (χ1n) is 8.19. The molecule has 0 N–H and O–H groups in total. The number of benzene rings is 1. The molecule has 0 bridgehead atoms. The Balaban J connectivity index is 1.60. The SMILES string of the molecule is Cc1ccc(C2CCCN2C(=O)CCC(=O)c2ccc(F)cc2)o1. The molecule has 1 aromatic heterocycles. The van der Waals surface area contributed by atoms with Crippen LogP contribution in [0.5, 0.6) is 0 Å². The van der Waals surface area contributed by atoms with Crippen LogP contribution >= 0.6 is 0 Å². The number of ketones is 1. The molecular weight excluding hydrogens is 309 g/mol. The number of halogens is 1. The molecule has 1 atom stereocenters. The van der Waals surface area contributed by atoms with Crippen molar-refractivity contribution in [3.63, 3.8) is 0 Å². The number of carbonyl (C=O) groups is 2. The molecule has 0 saturated carbocycles. The summed E-state index contributed by atoms with van der Waals surface area (Å²) in [6, 6.07) is 9.19. The number of amides is 1. The monoisotopic (exact) mass is 329 g/mol. The van der Waals surface area contributed by atoms with Crippen LogP contribution in [0.1, 0.15) is 53.6 Å². The van der Waals surface area contributed by atoms with Gasteiger partial charge in [0, 0.05) is 24.9 Å². The Hall–Kier alpha value is -2.43. The molecule has 3 rings (SSSR count). The van der Waals surface area contributed by atoms with Crippen LogP contribution in [-0.2, 0) is 4.79 Å². The third kappa shape index (κ3) is 3.55. The average molecular weight is 329 g/mol. The maximum Gasteiger partial charge on any atom is 0.223 e. The molecular formula is C19H20FNO3. The van der Waals surface area contributed by atoms with Gasteiger partial charge in [-0.2, -0.15) is 0 Å². The molecule has 1 saturated heterocycles. The van der Waals surface area contributed by atoms with Crippen molar-refractivity contribution >= 4 is 11.7 Å². The lowest BCUT2D eigenvalue weighted by Crippen LogP contribution is -2.30. The summed E-state index contributed by atoms with van der Waals surface area (Å²) in [5.74, 6) is 1.07. The molecule has 0 radical (unpaired) electrons. The van der Waals surface area contributed by atoms with Crippen LogP contribution in [-0.4, -0.2) is 23.1 Å². The fourth-order valence-electron chi connectivity index (χ4n) is 3.14. The van der Waals surface area contributed by atoms with E-state index in [1.54, 1.807) is 4.90 Å². The number of nitrogens with zero attached hydrogens (tertiary/aromatic N) is 1. The molecule has 0 spiro atoms. The lowest BCUT2D eigenvalue weighted by molar-refractivity contribution is -0.132. The van der Waals surface area contributed by atoms with Gasteiger partial charge in [-0.15, -0.1) is 0 Å². The summed E-state index contributed by atoms with van der Waals surface area (Å²) in [6.45, 7) is 2.57. The van der Waals surface area contributed by atoms with E-state index in [1.807, 2.05) is 19.1 Å². The number of likely N-dealkylation sites (tertiary alicyclic amines) is 1. The van der Waals surface area contributed by atoms with Crippen LogP contribution in [0.25, 0.3) is 0 Å². The van der Waals surface area contributed by atoms with Crippen LogP contribution in [0.2, 0.25) is 0 Å². The Morgan fingerprint density at radius 2 is 1.92 bits per heavy atom. The molecule has 1 aliphatic rings. The number of hydrogen-bond donors (Lipinski definition) is 0. The first-order valence-corrected chi connectivity index (χ1v) is 8.19. The molecule has 0 aliphatic carbocycles. The highest BCUT2D eigenvalue weighted by Crippen LogP contribution is 2.33. The second kappa shape index (κ2) is 6.99. The highest BCUT2D eigenvalue weighted by Gasteiger charge is 2.31. The summed E-state index contributed by atoms with van der Waals surface area (Å²) in [7, 11) is 0. The Morgan fingerprint density at radius 1 is 1.17 bits per heavy atom. The first-order chi connectivity index (χ1) is 11.5. The topological polar surface area (TPSA) is 50.5 Å². The fraction of sp³-hybridized carbons (Fsp3) is 0.368. The Bertz CT molecular complexity index is 735. The van der Waals surface area contributed by atoms with Crippen molar-refractivity contribution in [3.05, 3.63) is 59.3 Å². The third-order valence-corrected chi connectivity index (χ3v) is 4.39. The van der Waals surface area contributed by atoms with Crippen molar-refractivity contribution in [3.8, 4) is 0 Å². The molecule has 126 valence electrons. The Morgan fingerprint density at radius 3 is 2.58 bits per heavy atom. The average Bonchev–Trinajstić information content (AvgIpc) is 3.21. The zero-order valence-electron chi connectivity index (χ0n) is 13.6. The van der Waals surface area contributed by atoms with Crippen molar-refractivity contribution in [2.75, 3.05) is 6.54 Å². The summed E-state index contributed by atoms with van der Waals surface area (Å²) in [6.07, 6.45) is 2.10. The predicted octanol–water partition coefficient (Wildman–Crippen LogP) is 4.05. The van der Waals surface area contributed by atoms with Crippen LogP contribution in [0.4, 0.5) is 4.39 Å². The summed E-state index contributed by atoms with van der Waals surface area (Å²) in [4.78, 5) is 26.4. The van der Waals surface area contributed by atoms with Crippen molar-refractivity contribution in [1.29, 1.82) is 0 Å². The molecule has 1 aromatic carbocycles. The number of rotatable bonds is 5. The smallest absolute Gasteiger partial charge is 0.223 e. The molecule has 4 nitrogen and oxygen atoms in total. The zero-order chi connectivity index (χ0) is 17.1. The molecule has 1 aliphatic heterocycles. The van der Waals surface area contributed by atoms with E-state index in [4.69, 9.17) is 4.42 Å². The van der Waals surface area contributed by atoms with E-state index in [2.05, 4.69) is 0 Å². The highest BCUT2D eigenvalue weighted by atomic mass is 19.1. The minimum Gasteiger partial charge on any atom is -0.464 e. The van der Waals surface area contributed by atoms with Gasteiger partial charge in [0.15, 0.2) is 5.78 Å². The number of furan rings is 1. The summed E-state index contributed by atoms with van der Waals surface area (Å²) < 4.78 is 18.6. The van der Waals surface area contributed by atoms with Gasteiger partial charge in [-0.05, 0) is 56.2 Å². The van der Waals surface area contributed by atoms with E-state index in [9.17, 15) is 14.0 Å². The molecule has 2 heterocycles. The maximum atomic E-state index is 12.9. The van der Waals surface area contributed by atoms with Gasteiger partial charge >= 0.3 is 0 Å². The van der Waals surface area contributed by atoms with Crippen molar-refractivity contribution in [2.45, 2.75) is 38.6 Å². The molecule has 1 fully saturated rings. The van der Waals surface area contributed by atoms with Gasteiger partial charge in [-0.25, -0.2) is 4.39 Å². The van der Waals surface area contributed by atoms with Gasteiger partial charge < -0.3 is 9.32 Å². The standard InChI is InChI=1S/C19H20FNO3/c1-13-4-10-18(24-13)16-3-2-12-21(16)19(23)11-9-17(22)14-5-7-15(20)8-6-14/h4-8,10,16H,2-3,9,11-12H2,1H3. The van der Waals surface area contributed by atoms with Gasteiger partial charge in [0.2, 0.25) is 5.91 Å². The Labute approximate surface area is 140 Å². The van der Waals surface area contributed by atoms with Crippen LogP contribution in [0.3, 0.4) is 0 Å². The van der Waals surface area contributed by atoms with E-state index in [-0.39, 0.29) is 36.4 Å². The molecule has 24 heavy (non-hydrogen) atoms. The molecule has 1 amide bonds. The van der Waals surface area contributed by atoms with Gasteiger partial charge in [-0.3, -0.25) is 9.59 Å². The van der Waals surface area contributed by atoms with Crippen molar-refractivity contribution in [1.82, 2.24) is 4.90 Å². The van der Waals surface area contributed by atoms with E-state index >= 15 is 0 Å². The summed E-state index contributed by atoms with van der Waals surface area (Å²) in [5.41, 5.74) is 0.434. The third-order valence-electron chi connectivity index (χ3n) is 4.39. The molecule has 1 unspecified atom stereocenters. The summed E-state index contributed by atoms with van der Waals surface area (Å²) >= 11 is 0. The Kier molecular flexibility index (Phi) is 4.79. The van der Waals surface area contributed by atoms with Gasteiger partial charge in [0.1, 0.15) is 17.3 Å². The fourth-order valence-corrected chi connectivity index (χ4v) is 3.14. The van der Waals surface area contributed by atoms with Crippen molar-refractivity contribution in [2.24, 2.45) is 0 Å². The number of Topliss-reactive ketones (excluding diaryl/α,β-unsaturated/α-hetero) is 1. The minimum absolute atomic E-state index is 0.0351. The number of aryl methyl sites for hydroxylation is 1. The second-order valence-electron chi connectivity index (χ2n) is 6.12. The molecule has 5 heteroatoms. The normalized spacial score (nSPS) is 17.2. The zero-order valence-corrected chi connectivity index (χ0v) is 13.6. The molecule has 2 aromatic rings.